The summed E-state index contributed by atoms with van der Waals surface area (Å²) in [4.78, 5) is 12.7. The van der Waals surface area contributed by atoms with Crippen LogP contribution in [0.15, 0.2) is 24.3 Å². The van der Waals surface area contributed by atoms with Crippen molar-refractivity contribution >= 4 is 23.2 Å². The van der Waals surface area contributed by atoms with Crippen LogP contribution in [0.3, 0.4) is 0 Å². The average Bonchev–Trinajstić information content (AvgIpc) is 3.44. The summed E-state index contributed by atoms with van der Waals surface area (Å²) in [5, 5.41) is 11.1. The van der Waals surface area contributed by atoms with Crippen LogP contribution < -0.4 is 5.32 Å². The maximum atomic E-state index is 13.2. The first-order valence-corrected chi connectivity index (χ1v) is 10.2. The molecule has 0 atom stereocenters. The third-order valence-corrected chi connectivity index (χ3v) is 5.70. The van der Waals surface area contributed by atoms with Gasteiger partial charge >= 0.3 is 0 Å². The number of alkyl halides is 2. The fourth-order valence-electron chi connectivity index (χ4n) is 3.59. The van der Waals surface area contributed by atoms with Crippen molar-refractivity contribution in [3.05, 3.63) is 63.4 Å². The third-order valence-electron chi connectivity index (χ3n) is 5.31. The van der Waals surface area contributed by atoms with Gasteiger partial charge in [-0.1, -0.05) is 23.7 Å². The van der Waals surface area contributed by atoms with E-state index < -0.39 is 18.0 Å². The lowest BCUT2D eigenvalue weighted by atomic mass is 10.2. The molecule has 10 heteroatoms. The van der Waals surface area contributed by atoms with Crippen molar-refractivity contribution in [2.24, 2.45) is 0 Å². The molecule has 1 aliphatic carbocycles. The molecule has 1 saturated carbocycles. The van der Waals surface area contributed by atoms with Gasteiger partial charge in [0.25, 0.3) is 6.43 Å². The zero-order valence-electron chi connectivity index (χ0n) is 17.0. The lowest BCUT2D eigenvalue weighted by Gasteiger charge is -2.09. The number of amides is 1. The van der Waals surface area contributed by atoms with Gasteiger partial charge in [-0.25, -0.2) is 13.2 Å². The van der Waals surface area contributed by atoms with Gasteiger partial charge in [-0.15, -0.1) is 0 Å². The third kappa shape index (κ3) is 4.46. The zero-order valence-corrected chi connectivity index (χ0v) is 17.8. The van der Waals surface area contributed by atoms with E-state index in [-0.39, 0.29) is 23.3 Å². The lowest BCUT2D eigenvalue weighted by Crippen LogP contribution is -2.21. The van der Waals surface area contributed by atoms with Crippen molar-refractivity contribution in [3.63, 3.8) is 0 Å². The van der Waals surface area contributed by atoms with E-state index in [1.54, 1.807) is 23.7 Å². The fraction of sp³-hybridized carbons (Fsp3) is 0.381. The SMILES string of the molecule is Cc1nn(Cc2ccc(F)cc2)c(C)c1NC(=O)Cn1nc(C(F)F)c(Cl)c1C1CC1. The van der Waals surface area contributed by atoms with Crippen LogP contribution >= 0.6 is 11.6 Å². The summed E-state index contributed by atoms with van der Waals surface area (Å²) in [7, 11) is 0. The molecule has 2 aromatic heterocycles. The molecule has 3 aromatic rings. The molecule has 31 heavy (non-hydrogen) atoms. The lowest BCUT2D eigenvalue weighted by molar-refractivity contribution is -0.117. The second kappa shape index (κ2) is 8.37. The number of aryl methyl sites for hydroxylation is 1. The number of rotatable bonds is 7. The number of hydrogen-bond donors (Lipinski definition) is 1. The largest absolute Gasteiger partial charge is 0.321 e. The Morgan fingerprint density at radius 1 is 1.19 bits per heavy atom. The van der Waals surface area contributed by atoms with Crippen molar-refractivity contribution in [3.8, 4) is 0 Å². The Balaban J connectivity index is 1.51. The number of aromatic nitrogens is 4. The summed E-state index contributed by atoms with van der Waals surface area (Å²) >= 11 is 6.11. The highest BCUT2D eigenvalue weighted by Gasteiger charge is 2.34. The summed E-state index contributed by atoms with van der Waals surface area (Å²) in [5.41, 5.74) is 2.76. The van der Waals surface area contributed by atoms with Crippen LogP contribution in [-0.2, 0) is 17.9 Å². The van der Waals surface area contributed by atoms with Gasteiger partial charge in [0.1, 0.15) is 18.1 Å². The molecule has 164 valence electrons. The van der Waals surface area contributed by atoms with Crippen LogP contribution in [0.4, 0.5) is 18.9 Å². The Labute approximate surface area is 182 Å². The zero-order chi connectivity index (χ0) is 22.3. The second-order valence-electron chi connectivity index (χ2n) is 7.70. The van der Waals surface area contributed by atoms with Crippen LogP contribution in [0.25, 0.3) is 0 Å². The van der Waals surface area contributed by atoms with E-state index in [4.69, 9.17) is 11.6 Å². The minimum absolute atomic E-state index is 0.0511. The molecule has 0 radical (unpaired) electrons. The van der Waals surface area contributed by atoms with E-state index in [9.17, 15) is 18.0 Å². The molecular weight excluding hydrogens is 431 g/mol. The van der Waals surface area contributed by atoms with E-state index >= 15 is 0 Å². The van der Waals surface area contributed by atoms with Crippen LogP contribution in [0.2, 0.25) is 5.02 Å². The molecule has 0 unspecified atom stereocenters. The molecule has 0 saturated heterocycles. The molecule has 4 rings (SSSR count). The van der Waals surface area contributed by atoms with Crippen molar-refractivity contribution in [2.75, 3.05) is 5.32 Å². The molecule has 1 aliphatic rings. The number of nitrogens with one attached hydrogen (secondary N) is 1. The molecule has 0 spiro atoms. The van der Waals surface area contributed by atoms with Crippen molar-refractivity contribution < 1.29 is 18.0 Å². The van der Waals surface area contributed by atoms with E-state index in [2.05, 4.69) is 15.5 Å². The van der Waals surface area contributed by atoms with Gasteiger partial charge in [0.15, 0.2) is 0 Å². The van der Waals surface area contributed by atoms with Crippen LogP contribution in [0.5, 0.6) is 0 Å². The van der Waals surface area contributed by atoms with Gasteiger partial charge < -0.3 is 5.32 Å². The first-order valence-electron chi connectivity index (χ1n) is 9.87. The molecule has 1 fully saturated rings. The number of benzene rings is 1. The van der Waals surface area contributed by atoms with Gasteiger partial charge in [-0.05, 0) is 44.4 Å². The maximum absolute atomic E-state index is 13.2. The second-order valence-corrected chi connectivity index (χ2v) is 8.07. The molecule has 1 aromatic carbocycles. The van der Waals surface area contributed by atoms with E-state index in [1.807, 2.05) is 6.92 Å². The first-order chi connectivity index (χ1) is 14.7. The normalized spacial score (nSPS) is 13.8. The Kier molecular flexibility index (Phi) is 5.79. The van der Waals surface area contributed by atoms with Gasteiger partial charge in [-0.3, -0.25) is 14.2 Å². The van der Waals surface area contributed by atoms with Crippen LogP contribution in [0.1, 0.15) is 53.5 Å². The van der Waals surface area contributed by atoms with Crippen LogP contribution in [0, 0.1) is 19.7 Å². The molecule has 0 aliphatic heterocycles. The topological polar surface area (TPSA) is 64.7 Å². The molecule has 0 bridgehead atoms. The number of nitrogens with zero attached hydrogens (tertiary/aromatic N) is 4. The number of carbonyl (C=O) groups excluding carboxylic acids is 1. The molecular formula is C21H21ClF3N5O. The van der Waals surface area contributed by atoms with Gasteiger partial charge in [0, 0.05) is 5.92 Å². The predicted octanol–water partition coefficient (Wildman–Crippen LogP) is 4.99. The molecule has 2 heterocycles. The quantitative estimate of drug-likeness (QED) is 0.550. The smallest absolute Gasteiger partial charge is 0.283 e. The summed E-state index contributed by atoms with van der Waals surface area (Å²) in [6, 6.07) is 6.10. The molecule has 6 nitrogen and oxygen atoms in total. The highest BCUT2D eigenvalue weighted by Crippen LogP contribution is 2.45. The van der Waals surface area contributed by atoms with Crippen molar-refractivity contribution in [1.29, 1.82) is 0 Å². The number of carbonyl (C=O) groups is 1. The van der Waals surface area contributed by atoms with Gasteiger partial charge in [-0.2, -0.15) is 10.2 Å². The van der Waals surface area contributed by atoms with E-state index in [0.717, 1.165) is 24.1 Å². The Hall–Kier alpha value is -2.81. The number of halogens is 4. The summed E-state index contributed by atoms with van der Waals surface area (Å²) < 4.78 is 42.5. The van der Waals surface area contributed by atoms with Gasteiger partial charge in [0.05, 0.1) is 34.3 Å². The fourth-order valence-corrected chi connectivity index (χ4v) is 3.96. The number of anilines is 1. The van der Waals surface area contributed by atoms with Crippen LogP contribution in [-0.4, -0.2) is 25.5 Å². The van der Waals surface area contributed by atoms with Crippen molar-refractivity contribution in [1.82, 2.24) is 19.6 Å². The summed E-state index contributed by atoms with van der Waals surface area (Å²) in [6.45, 7) is 3.77. The maximum Gasteiger partial charge on any atom is 0.283 e. The minimum atomic E-state index is -2.80. The van der Waals surface area contributed by atoms with Crippen molar-refractivity contribution in [2.45, 2.75) is 52.1 Å². The molecule has 1 N–H and O–H groups in total. The first kappa shape index (κ1) is 21.4. The Morgan fingerprint density at radius 2 is 1.87 bits per heavy atom. The highest BCUT2D eigenvalue weighted by atomic mass is 35.5. The van der Waals surface area contributed by atoms with Gasteiger partial charge in [0.2, 0.25) is 5.91 Å². The Morgan fingerprint density at radius 3 is 2.48 bits per heavy atom. The average molecular weight is 452 g/mol. The number of hydrogen-bond acceptors (Lipinski definition) is 3. The molecule has 1 amide bonds. The summed E-state index contributed by atoms with van der Waals surface area (Å²) in [6.07, 6.45) is -1.13. The van der Waals surface area contributed by atoms with E-state index in [1.165, 1.54) is 16.8 Å². The highest BCUT2D eigenvalue weighted by molar-refractivity contribution is 6.32. The Bertz CT molecular complexity index is 1120. The monoisotopic (exact) mass is 451 g/mol. The standard InChI is InChI=1S/C21H21ClF3N5O/c1-11-18(12(2)29(27-11)9-13-3-7-15(23)8-4-13)26-16(31)10-30-20(14-5-6-14)17(22)19(28-30)21(24)25/h3-4,7-8,14,21H,5-6,9-10H2,1-2H3,(H,26,31). The van der Waals surface area contributed by atoms with E-state index in [0.29, 0.717) is 23.6 Å². The summed E-state index contributed by atoms with van der Waals surface area (Å²) in [5.74, 6) is -0.666. The predicted molar refractivity (Wildman–Crippen MR) is 110 cm³/mol. The minimum Gasteiger partial charge on any atom is -0.321 e.